The Bertz CT molecular complexity index is 811. The molecular weight excluding hydrogens is 270 g/mol. The first kappa shape index (κ1) is 13.1. The lowest BCUT2D eigenvalue weighted by Crippen LogP contribution is -2.02. The number of para-hydroxylation sites is 2. The highest BCUT2D eigenvalue weighted by Crippen LogP contribution is 2.25. The SMILES string of the molecule is CCOc1ccccc1-n1nnc2ccc(C(=O)O)cc21. The van der Waals surface area contributed by atoms with Crippen LogP contribution in [0, 0.1) is 0 Å². The summed E-state index contributed by atoms with van der Waals surface area (Å²) in [7, 11) is 0. The fourth-order valence-corrected chi connectivity index (χ4v) is 2.14. The number of ether oxygens (including phenoxy) is 1. The lowest BCUT2D eigenvalue weighted by Gasteiger charge is -2.10. The van der Waals surface area contributed by atoms with E-state index in [1.54, 1.807) is 16.8 Å². The van der Waals surface area contributed by atoms with Crippen molar-refractivity contribution in [2.45, 2.75) is 6.92 Å². The predicted molar refractivity (Wildman–Crippen MR) is 77.0 cm³/mol. The number of carbonyl (C=O) groups is 1. The molecule has 106 valence electrons. The Balaban J connectivity index is 2.21. The Morgan fingerprint density at radius 1 is 1.29 bits per heavy atom. The molecule has 1 aromatic heterocycles. The number of hydrogen-bond acceptors (Lipinski definition) is 4. The molecule has 0 atom stereocenters. The Morgan fingerprint density at radius 2 is 2.10 bits per heavy atom. The molecule has 1 N–H and O–H groups in total. The fraction of sp³-hybridized carbons (Fsp3) is 0.133. The van der Waals surface area contributed by atoms with Gasteiger partial charge in [0.2, 0.25) is 0 Å². The zero-order chi connectivity index (χ0) is 14.8. The van der Waals surface area contributed by atoms with Gasteiger partial charge in [-0.25, -0.2) is 9.48 Å². The number of aromatic carboxylic acids is 1. The number of fused-ring (bicyclic) bond motifs is 1. The molecule has 0 bridgehead atoms. The molecule has 21 heavy (non-hydrogen) atoms. The van der Waals surface area contributed by atoms with Crippen molar-refractivity contribution in [2.24, 2.45) is 0 Å². The summed E-state index contributed by atoms with van der Waals surface area (Å²) in [5, 5.41) is 17.3. The second-order valence-electron chi connectivity index (χ2n) is 4.41. The standard InChI is InChI=1S/C15H13N3O3/c1-2-21-14-6-4-3-5-12(14)18-13-9-10(15(19)20)7-8-11(13)16-17-18/h3-9H,2H2,1H3,(H,19,20). The summed E-state index contributed by atoms with van der Waals surface area (Å²) in [5.41, 5.74) is 2.18. The monoisotopic (exact) mass is 283 g/mol. The minimum absolute atomic E-state index is 0.194. The van der Waals surface area contributed by atoms with Gasteiger partial charge in [0.05, 0.1) is 17.7 Å². The zero-order valence-electron chi connectivity index (χ0n) is 11.4. The molecule has 0 aliphatic carbocycles. The van der Waals surface area contributed by atoms with Crippen molar-refractivity contribution < 1.29 is 14.6 Å². The van der Waals surface area contributed by atoms with E-state index in [1.807, 2.05) is 31.2 Å². The predicted octanol–water partition coefficient (Wildman–Crippen LogP) is 2.52. The first-order valence-electron chi connectivity index (χ1n) is 6.51. The largest absolute Gasteiger partial charge is 0.492 e. The molecule has 0 saturated carbocycles. The molecule has 1 heterocycles. The molecular formula is C15H13N3O3. The van der Waals surface area contributed by atoms with Crippen molar-refractivity contribution in [3.05, 3.63) is 48.0 Å². The topological polar surface area (TPSA) is 77.2 Å². The smallest absolute Gasteiger partial charge is 0.335 e. The van der Waals surface area contributed by atoms with Gasteiger partial charge in [0.15, 0.2) is 0 Å². The van der Waals surface area contributed by atoms with E-state index in [0.29, 0.717) is 23.4 Å². The molecule has 0 aliphatic heterocycles. The normalized spacial score (nSPS) is 10.7. The van der Waals surface area contributed by atoms with E-state index < -0.39 is 5.97 Å². The van der Waals surface area contributed by atoms with Gasteiger partial charge < -0.3 is 9.84 Å². The molecule has 0 amide bonds. The van der Waals surface area contributed by atoms with Gasteiger partial charge in [0.25, 0.3) is 0 Å². The van der Waals surface area contributed by atoms with E-state index in [1.165, 1.54) is 6.07 Å². The van der Waals surface area contributed by atoms with Crippen molar-refractivity contribution in [3.63, 3.8) is 0 Å². The summed E-state index contributed by atoms with van der Waals surface area (Å²) in [6.45, 7) is 2.43. The van der Waals surface area contributed by atoms with Gasteiger partial charge >= 0.3 is 5.97 Å². The van der Waals surface area contributed by atoms with Crippen molar-refractivity contribution >= 4 is 17.0 Å². The van der Waals surface area contributed by atoms with Crippen molar-refractivity contribution in [1.82, 2.24) is 15.0 Å². The van der Waals surface area contributed by atoms with E-state index in [-0.39, 0.29) is 5.56 Å². The van der Waals surface area contributed by atoms with Crippen LogP contribution in [0.15, 0.2) is 42.5 Å². The fourth-order valence-electron chi connectivity index (χ4n) is 2.14. The molecule has 0 fully saturated rings. The number of aromatic nitrogens is 3. The quantitative estimate of drug-likeness (QED) is 0.796. The molecule has 3 rings (SSSR count). The van der Waals surface area contributed by atoms with Crippen LogP contribution in [0.4, 0.5) is 0 Å². The first-order chi connectivity index (χ1) is 10.2. The van der Waals surface area contributed by atoms with Crippen LogP contribution in [-0.4, -0.2) is 32.7 Å². The summed E-state index contributed by atoms with van der Waals surface area (Å²) in [6.07, 6.45) is 0. The zero-order valence-corrected chi connectivity index (χ0v) is 11.4. The summed E-state index contributed by atoms with van der Waals surface area (Å²) in [4.78, 5) is 11.1. The van der Waals surface area contributed by atoms with Gasteiger partial charge in [-0.15, -0.1) is 5.10 Å². The summed E-state index contributed by atoms with van der Waals surface area (Å²) < 4.78 is 7.17. The molecule has 0 unspecified atom stereocenters. The molecule has 6 nitrogen and oxygen atoms in total. The van der Waals surface area contributed by atoms with E-state index in [0.717, 1.165) is 5.69 Å². The molecule has 2 aromatic carbocycles. The summed E-state index contributed by atoms with van der Waals surface area (Å²) in [6, 6.07) is 12.1. The second-order valence-corrected chi connectivity index (χ2v) is 4.41. The minimum atomic E-state index is -0.984. The van der Waals surface area contributed by atoms with Gasteiger partial charge in [0.1, 0.15) is 17.0 Å². The van der Waals surface area contributed by atoms with Gasteiger partial charge in [-0.2, -0.15) is 0 Å². The maximum atomic E-state index is 11.1. The third-order valence-electron chi connectivity index (χ3n) is 3.09. The average Bonchev–Trinajstić information content (AvgIpc) is 2.91. The number of carboxylic acid groups (broad SMARTS) is 1. The van der Waals surface area contributed by atoms with Crippen molar-refractivity contribution in [1.29, 1.82) is 0 Å². The van der Waals surface area contributed by atoms with Crippen LogP contribution in [0.1, 0.15) is 17.3 Å². The van der Waals surface area contributed by atoms with Crippen LogP contribution >= 0.6 is 0 Å². The van der Waals surface area contributed by atoms with Crippen LogP contribution in [0.2, 0.25) is 0 Å². The highest BCUT2D eigenvalue weighted by Gasteiger charge is 2.13. The summed E-state index contributed by atoms with van der Waals surface area (Å²) in [5.74, 6) is -0.310. The van der Waals surface area contributed by atoms with Crippen LogP contribution < -0.4 is 4.74 Å². The Labute approximate surface area is 120 Å². The van der Waals surface area contributed by atoms with E-state index in [2.05, 4.69) is 10.3 Å². The first-order valence-corrected chi connectivity index (χ1v) is 6.51. The van der Waals surface area contributed by atoms with Gasteiger partial charge in [0, 0.05) is 0 Å². The van der Waals surface area contributed by atoms with E-state index in [9.17, 15) is 4.79 Å². The minimum Gasteiger partial charge on any atom is -0.492 e. The molecule has 6 heteroatoms. The maximum absolute atomic E-state index is 11.1. The Kier molecular flexibility index (Phi) is 3.27. The molecule has 3 aromatic rings. The molecule has 0 saturated heterocycles. The number of rotatable bonds is 4. The molecule has 0 aliphatic rings. The maximum Gasteiger partial charge on any atom is 0.335 e. The second kappa shape index (κ2) is 5.24. The number of nitrogens with zero attached hydrogens (tertiary/aromatic N) is 3. The Morgan fingerprint density at radius 3 is 2.86 bits per heavy atom. The van der Waals surface area contributed by atoms with E-state index >= 15 is 0 Å². The van der Waals surface area contributed by atoms with Crippen LogP contribution in [0.3, 0.4) is 0 Å². The van der Waals surface area contributed by atoms with Gasteiger partial charge in [-0.05, 0) is 37.3 Å². The Hall–Kier alpha value is -2.89. The molecule has 0 radical (unpaired) electrons. The highest BCUT2D eigenvalue weighted by molar-refractivity contribution is 5.92. The van der Waals surface area contributed by atoms with E-state index in [4.69, 9.17) is 9.84 Å². The number of benzene rings is 2. The molecule has 0 spiro atoms. The number of carboxylic acids is 1. The average molecular weight is 283 g/mol. The van der Waals surface area contributed by atoms with Gasteiger partial charge in [-0.3, -0.25) is 0 Å². The lowest BCUT2D eigenvalue weighted by atomic mass is 10.2. The van der Waals surface area contributed by atoms with Crippen LogP contribution in [0.25, 0.3) is 16.7 Å². The third-order valence-corrected chi connectivity index (χ3v) is 3.09. The van der Waals surface area contributed by atoms with Crippen molar-refractivity contribution in [2.75, 3.05) is 6.61 Å². The summed E-state index contributed by atoms with van der Waals surface area (Å²) >= 11 is 0. The van der Waals surface area contributed by atoms with Crippen molar-refractivity contribution in [3.8, 4) is 11.4 Å². The van der Waals surface area contributed by atoms with Crippen LogP contribution in [-0.2, 0) is 0 Å². The van der Waals surface area contributed by atoms with Gasteiger partial charge in [-0.1, -0.05) is 17.3 Å². The highest BCUT2D eigenvalue weighted by atomic mass is 16.5. The number of hydrogen-bond donors (Lipinski definition) is 1. The lowest BCUT2D eigenvalue weighted by molar-refractivity contribution is 0.0697. The third kappa shape index (κ3) is 2.31. The van der Waals surface area contributed by atoms with Crippen LogP contribution in [0.5, 0.6) is 5.75 Å².